The van der Waals surface area contributed by atoms with Gasteiger partial charge in [-0.25, -0.2) is 9.97 Å². The summed E-state index contributed by atoms with van der Waals surface area (Å²) in [5.74, 6) is 2.93. The highest BCUT2D eigenvalue weighted by atomic mass is 16.3. The summed E-state index contributed by atoms with van der Waals surface area (Å²) in [5, 5.41) is 12.5. The third-order valence-electron chi connectivity index (χ3n) is 3.90. The van der Waals surface area contributed by atoms with E-state index >= 15 is 0 Å². The fourth-order valence-corrected chi connectivity index (χ4v) is 2.79. The van der Waals surface area contributed by atoms with Gasteiger partial charge in [-0.05, 0) is 12.8 Å². The van der Waals surface area contributed by atoms with Crippen LogP contribution in [-0.2, 0) is 0 Å². The predicted octanol–water partition coefficient (Wildman–Crippen LogP) is 2.38. The van der Waals surface area contributed by atoms with Crippen LogP contribution in [0.25, 0.3) is 0 Å². The van der Waals surface area contributed by atoms with Crippen LogP contribution in [0.1, 0.15) is 51.3 Å². The third-order valence-corrected chi connectivity index (χ3v) is 3.90. The van der Waals surface area contributed by atoms with E-state index in [1.807, 2.05) is 13.1 Å². The van der Waals surface area contributed by atoms with Crippen molar-refractivity contribution in [3.63, 3.8) is 0 Å². The Morgan fingerprint density at radius 3 is 2.60 bits per heavy atom. The molecule has 1 aromatic rings. The van der Waals surface area contributed by atoms with Crippen molar-refractivity contribution in [2.45, 2.75) is 51.5 Å². The first-order valence-corrected chi connectivity index (χ1v) is 7.60. The predicted molar refractivity (Wildman–Crippen MR) is 82.4 cm³/mol. The number of anilines is 2. The number of hydrogen-bond acceptors (Lipinski definition) is 5. The molecule has 1 saturated carbocycles. The zero-order chi connectivity index (χ0) is 14.5. The number of nitrogens with zero attached hydrogens (tertiary/aromatic N) is 3. The van der Waals surface area contributed by atoms with E-state index in [9.17, 15) is 5.11 Å². The van der Waals surface area contributed by atoms with E-state index in [0.29, 0.717) is 18.5 Å². The minimum absolute atomic E-state index is 0.159. The van der Waals surface area contributed by atoms with E-state index in [4.69, 9.17) is 4.98 Å². The fourth-order valence-electron chi connectivity index (χ4n) is 2.79. The second-order valence-electron chi connectivity index (χ2n) is 5.73. The SMILES string of the molecule is CNc1cc(N(CCO)C2CCCC2)nc(C(C)C)n1. The Kier molecular flexibility index (Phi) is 5.17. The summed E-state index contributed by atoms with van der Waals surface area (Å²) < 4.78 is 0. The first kappa shape index (κ1) is 15.0. The molecule has 0 saturated heterocycles. The van der Waals surface area contributed by atoms with Crippen LogP contribution in [0.5, 0.6) is 0 Å². The van der Waals surface area contributed by atoms with Crippen molar-refractivity contribution in [3.8, 4) is 0 Å². The van der Waals surface area contributed by atoms with Gasteiger partial charge in [-0.1, -0.05) is 26.7 Å². The van der Waals surface area contributed by atoms with E-state index < -0.39 is 0 Å². The highest BCUT2D eigenvalue weighted by molar-refractivity contribution is 5.50. The normalized spacial score (nSPS) is 15.8. The maximum Gasteiger partial charge on any atom is 0.135 e. The Labute approximate surface area is 121 Å². The first-order chi connectivity index (χ1) is 9.65. The lowest BCUT2D eigenvalue weighted by atomic mass is 10.2. The van der Waals surface area contributed by atoms with Crippen molar-refractivity contribution < 1.29 is 5.11 Å². The fraction of sp³-hybridized carbons (Fsp3) is 0.733. The Balaban J connectivity index is 2.32. The van der Waals surface area contributed by atoms with Crippen molar-refractivity contribution in [1.82, 2.24) is 9.97 Å². The van der Waals surface area contributed by atoms with Crippen LogP contribution in [-0.4, -0.2) is 41.3 Å². The molecule has 1 fully saturated rings. The Hall–Kier alpha value is -1.36. The van der Waals surface area contributed by atoms with Crippen LogP contribution in [0.15, 0.2) is 6.07 Å². The van der Waals surface area contributed by atoms with Gasteiger partial charge in [0, 0.05) is 31.6 Å². The standard InChI is InChI=1S/C15H26N4O/c1-11(2)15-17-13(16-3)10-14(18-15)19(8-9-20)12-6-4-5-7-12/h10-12,20H,4-9H2,1-3H3,(H,16,17,18). The molecule has 1 aromatic heterocycles. The molecule has 0 atom stereocenters. The van der Waals surface area contributed by atoms with Crippen LogP contribution in [0.2, 0.25) is 0 Å². The van der Waals surface area contributed by atoms with Crippen molar-refractivity contribution in [2.75, 3.05) is 30.4 Å². The molecule has 0 spiro atoms. The molecule has 0 amide bonds. The topological polar surface area (TPSA) is 61.3 Å². The minimum atomic E-state index is 0.159. The van der Waals surface area contributed by atoms with Crippen molar-refractivity contribution in [3.05, 3.63) is 11.9 Å². The van der Waals surface area contributed by atoms with Gasteiger partial charge in [0.15, 0.2) is 0 Å². The Morgan fingerprint density at radius 1 is 1.35 bits per heavy atom. The number of rotatable bonds is 6. The molecule has 2 rings (SSSR count). The lowest BCUT2D eigenvalue weighted by molar-refractivity contribution is 0.296. The molecule has 1 heterocycles. The summed E-state index contributed by atoms with van der Waals surface area (Å²) >= 11 is 0. The third kappa shape index (κ3) is 3.39. The van der Waals surface area contributed by atoms with Gasteiger partial charge in [0.1, 0.15) is 17.5 Å². The van der Waals surface area contributed by atoms with Gasteiger partial charge in [-0.15, -0.1) is 0 Å². The quantitative estimate of drug-likeness (QED) is 0.836. The van der Waals surface area contributed by atoms with Gasteiger partial charge in [-0.3, -0.25) is 0 Å². The molecular formula is C15H26N4O. The van der Waals surface area contributed by atoms with E-state index in [1.54, 1.807) is 0 Å². The van der Waals surface area contributed by atoms with Gasteiger partial charge < -0.3 is 15.3 Å². The first-order valence-electron chi connectivity index (χ1n) is 7.60. The average Bonchev–Trinajstić information content (AvgIpc) is 2.98. The minimum Gasteiger partial charge on any atom is -0.395 e. The maximum absolute atomic E-state index is 9.36. The maximum atomic E-state index is 9.36. The monoisotopic (exact) mass is 278 g/mol. The zero-order valence-electron chi connectivity index (χ0n) is 12.8. The molecule has 0 radical (unpaired) electrons. The summed E-state index contributed by atoms with van der Waals surface area (Å²) in [5.41, 5.74) is 0. The second-order valence-corrected chi connectivity index (χ2v) is 5.73. The van der Waals surface area contributed by atoms with Crippen LogP contribution in [0.3, 0.4) is 0 Å². The van der Waals surface area contributed by atoms with E-state index in [2.05, 4.69) is 29.0 Å². The molecular weight excluding hydrogens is 252 g/mol. The number of aliphatic hydroxyl groups is 1. The van der Waals surface area contributed by atoms with E-state index in [1.165, 1.54) is 25.7 Å². The molecule has 0 aromatic carbocycles. The second kappa shape index (κ2) is 6.88. The molecule has 0 unspecified atom stereocenters. The summed E-state index contributed by atoms with van der Waals surface area (Å²) in [6, 6.07) is 2.49. The lowest BCUT2D eigenvalue weighted by Crippen LogP contribution is -2.36. The van der Waals surface area contributed by atoms with Gasteiger partial charge >= 0.3 is 0 Å². The summed E-state index contributed by atoms with van der Waals surface area (Å²) in [7, 11) is 1.88. The summed E-state index contributed by atoms with van der Waals surface area (Å²) in [6.07, 6.45) is 4.92. The van der Waals surface area contributed by atoms with Crippen LogP contribution < -0.4 is 10.2 Å². The number of aromatic nitrogens is 2. The largest absolute Gasteiger partial charge is 0.395 e. The van der Waals surface area contributed by atoms with Gasteiger partial charge in [-0.2, -0.15) is 0 Å². The van der Waals surface area contributed by atoms with Gasteiger partial charge in [0.05, 0.1) is 6.61 Å². The molecule has 0 bridgehead atoms. The number of hydrogen-bond donors (Lipinski definition) is 2. The molecule has 1 aliphatic rings. The zero-order valence-corrected chi connectivity index (χ0v) is 12.8. The molecule has 1 aliphatic carbocycles. The highest BCUT2D eigenvalue weighted by Gasteiger charge is 2.24. The van der Waals surface area contributed by atoms with Gasteiger partial charge in [0.25, 0.3) is 0 Å². The molecule has 20 heavy (non-hydrogen) atoms. The summed E-state index contributed by atoms with van der Waals surface area (Å²) in [4.78, 5) is 11.5. The summed E-state index contributed by atoms with van der Waals surface area (Å²) in [6.45, 7) is 5.00. The number of aliphatic hydroxyl groups excluding tert-OH is 1. The molecule has 0 aliphatic heterocycles. The van der Waals surface area contributed by atoms with Crippen LogP contribution in [0, 0.1) is 0 Å². The smallest absolute Gasteiger partial charge is 0.135 e. The van der Waals surface area contributed by atoms with Crippen molar-refractivity contribution >= 4 is 11.6 Å². The molecule has 2 N–H and O–H groups in total. The van der Waals surface area contributed by atoms with E-state index in [0.717, 1.165) is 17.5 Å². The van der Waals surface area contributed by atoms with E-state index in [-0.39, 0.29) is 6.61 Å². The van der Waals surface area contributed by atoms with Crippen molar-refractivity contribution in [2.24, 2.45) is 0 Å². The Bertz CT molecular complexity index is 430. The molecule has 112 valence electrons. The van der Waals surface area contributed by atoms with Crippen molar-refractivity contribution in [1.29, 1.82) is 0 Å². The van der Waals surface area contributed by atoms with Crippen LogP contribution >= 0.6 is 0 Å². The van der Waals surface area contributed by atoms with Crippen LogP contribution in [0.4, 0.5) is 11.6 Å². The lowest BCUT2D eigenvalue weighted by Gasteiger charge is -2.30. The average molecular weight is 278 g/mol. The molecule has 5 heteroatoms. The highest BCUT2D eigenvalue weighted by Crippen LogP contribution is 2.28. The molecule has 5 nitrogen and oxygen atoms in total. The Morgan fingerprint density at radius 2 is 2.05 bits per heavy atom. The van der Waals surface area contributed by atoms with Gasteiger partial charge in [0.2, 0.25) is 0 Å². The number of nitrogens with one attached hydrogen (secondary N) is 1.